The molecule has 0 amide bonds. The molecule has 3 rings (SSSR count). The molecule has 0 spiro atoms. The molecule has 0 fully saturated rings. The average Bonchev–Trinajstić information content (AvgIpc) is 3.07. The molecule has 0 unspecified atom stereocenters. The smallest absolute Gasteiger partial charge is 0.327 e. The van der Waals surface area contributed by atoms with Gasteiger partial charge < -0.3 is 9.30 Å². The molecular formula is C15H16N4O2. The number of benzene rings is 1. The standard InChI is InChI=1S/C15H16N4O2/c1-2-21-15(20)11-19-10-13(16-17-19)9-18-8-7-12-5-3-4-6-14(12)18/h3-8,10H,2,9,11H2,1H3. The minimum atomic E-state index is -0.305. The molecule has 2 aromatic heterocycles. The monoisotopic (exact) mass is 284 g/mol. The van der Waals surface area contributed by atoms with Crippen molar-refractivity contribution in [2.45, 2.75) is 20.0 Å². The number of aromatic nitrogens is 4. The first-order chi connectivity index (χ1) is 10.3. The summed E-state index contributed by atoms with van der Waals surface area (Å²) < 4.78 is 8.49. The van der Waals surface area contributed by atoms with Crippen LogP contribution in [0.15, 0.2) is 42.7 Å². The summed E-state index contributed by atoms with van der Waals surface area (Å²) in [4.78, 5) is 11.4. The molecule has 0 aliphatic rings. The Morgan fingerprint density at radius 1 is 1.29 bits per heavy atom. The Morgan fingerprint density at radius 3 is 3.00 bits per heavy atom. The Hall–Kier alpha value is -2.63. The van der Waals surface area contributed by atoms with Crippen molar-refractivity contribution in [2.75, 3.05) is 6.61 Å². The molecule has 1 aromatic carbocycles. The van der Waals surface area contributed by atoms with Gasteiger partial charge in [-0.1, -0.05) is 23.4 Å². The predicted octanol–water partition coefficient (Wildman–Crippen LogP) is 1.84. The van der Waals surface area contributed by atoms with Gasteiger partial charge in [0.05, 0.1) is 19.3 Å². The Kier molecular flexibility index (Phi) is 3.68. The summed E-state index contributed by atoms with van der Waals surface area (Å²) >= 11 is 0. The van der Waals surface area contributed by atoms with E-state index >= 15 is 0 Å². The van der Waals surface area contributed by atoms with Crippen LogP contribution < -0.4 is 0 Å². The molecule has 0 saturated heterocycles. The van der Waals surface area contributed by atoms with Crippen LogP contribution in [0.4, 0.5) is 0 Å². The van der Waals surface area contributed by atoms with Crippen LogP contribution in [0.3, 0.4) is 0 Å². The van der Waals surface area contributed by atoms with E-state index in [2.05, 4.69) is 33.1 Å². The van der Waals surface area contributed by atoms with Gasteiger partial charge in [0.25, 0.3) is 0 Å². The second kappa shape index (κ2) is 5.78. The third kappa shape index (κ3) is 2.94. The number of carbonyl (C=O) groups is 1. The van der Waals surface area contributed by atoms with Crippen LogP contribution >= 0.6 is 0 Å². The van der Waals surface area contributed by atoms with Crippen molar-refractivity contribution in [2.24, 2.45) is 0 Å². The normalized spacial score (nSPS) is 10.9. The summed E-state index contributed by atoms with van der Waals surface area (Å²) in [6, 6.07) is 10.2. The molecule has 2 heterocycles. The molecule has 0 atom stereocenters. The summed E-state index contributed by atoms with van der Waals surface area (Å²) in [6.07, 6.45) is 3.79. The SMILES string of the molecule is CCOC(=O)Cn1cc(Cn2ccc3ccccc32)nn1. The zero-order valence-electron chi connectivity index (χ0n) is 11.8. The van der Waals surface area contributed by atoms with Gasteiger partial charge in [-0.2, -0.15) is 0 Å². The van der Waals surface area contributed by atoms with E-state index in [1.54, 1.807) is 13.1 Å². The maximum absolute atomic E-state index is 11.4. The van der Waals surface area contributed by atoms with Crippen molar-refractivity contribution in [3.8, 4) is 0 Å². The number of ether oxygens (including phenoxy) is 1. The van der Waals surface area contributed by atoms with Gasteiger partial charge in [-0.05, 0) is 24.4 Å². The molecule has 108 valence electrons. The Balaban J connectivity index is 1.74. The molecule has 0 radical (unpaired) electrons. The van der Waals surface area contributed by atoms with Gasteiger partial charge in [-0.3, -0.25) is 4.79 Å². The van der Waals surface area contributed by atoms with Crippen molar-refractivity contribution < 1.29 is 9.53 Å². The number of esters is 1. The Labute approximate surface area is 121 Å². The molecule has 6 heteroatoms. The minimum absolute atomic E-state index is 0.0905. The second-order valence-corrected chi connectivity index (χ2v) is 4.71. The summed E-state index contributed by atoms with van der Waals surface area (Å²) in [5.41, 5.74) is 1.96. The topological polar surface area (TPSA) is 61.9 Å². The first-order valence-electron chi connectivity index (χ1n) is 6.85. The third-order valence-corrected chi connectivity index (χ3v) is 3.20. The summed E-state index contributed by atoms with van der Waals surface area (Å²) in [5.74, 6) is -0.305. The van der Waals surface area contributed by atoms with Crippen molar-refractivity contribution in [3.63, 3.8) is 0 Å². The van der Waals surface area contributed by atoms with Crippen LogP contribution in [0.25, 0.3) is 10.9 Å². The van der Waals surface area contributed by atoms with Crippen molar-refractivity contribution >= 4 is 16.9 Å². The van der Waals surface area contributed by atoms with E-state index in [1.807, 2.05) is 18.3 Å². The fourth-order valence-electron chi connectivity index (χ4n) is 2.28. The highest BCUT2D eigenvalue weighted by atomic mass is 16.5. The lowest BCUT2D eigenvalue weighted by Crippen LogP contribution is -2.13. The van der Waals surface area contributed by atoms with Gasteiger partial charge in [-0.25, -0.2) is 4.68 Å². The van der Waals surface area contributed by atoms with Crippen molar-refractivity contribution in [1.29, 1.82) is 0 Å². The molecular weight excluding hydrogens is 268 g/mol. The summed E-state index contributed by atoms with van der Waals surface area (Å²) in [5, 5.41) is 9.24. The lowest BCUT2D eigenvalue weighted by atomic mass is 10.2. The van der Waals surface area contributed by atoms with E-state index in [0.717, 1.165) is 11.2 Å². The van der Waals surface area contributed by atoms with Crippen molar-refractivity contribution in [1.82, 2.24) is 19.6 Å². The van der Waals surface area contributed by atoms with Crippen LogP contribution in [0, 0.1) is 0 Å². The number of hydrogen-bond donors (Lipinski definition) is 0. The quantitative estimate of drug-likeness (QED) is 0.671. The molecule has 3 aromatic rings. The van der Waals surface area contributed by atoms with E-state index in [4.69, 9.17) is 4.74 Å². The van der Waals surface area contributed by atoms with Gasteiger partial charge >= 0.3 is 5.97 Å². The first kappa shape index (κ1) is 13.4. The summed E-state index contributed by atoms with van der Waals surface area (Å²) in [6.45, 7) is 2.86. The number of nitrogens with zero attached hydrogens (tertiary/aromatic N) is 4. The first-order valence-corrected chi connectivity index (χ1v) is 6.85. The number of para-hydroxylation sites is 1. The van der Waals surface area contributed by atoms with Gasteiger partial charge in [0, 0.05) is 11.7 Å². The van der Waals surface area contributed by atoms with E-state index in [1.165, 1.54) is 10.1 Å². The van der Waals surface area contributed by atoms with Gasteiger partial charge in [0.15, 0.2) is 0 Å². The number of rotatable bonds is 5. The fraction of sp³-hybridized carbons (Fsp3) is 0.267. The van der Waals surface area contributed by atoms with Crippen LogP contribution in [-0.4, -0.2) is 32.1 Å². The van der Waals surface area contributed by atoms with Gasteiger partial charge in [0.2, 0.25) is 0 Å². The number of hydrogen-bond acceptors (Lipinski definition) is 4. The van der Waals surface area contributed by atoms with Crippen LogP contribution in [0.5, 0.6) is 0 Å². The third-order valence-electron chi connectivity index (χ3n) is 3.20. The maximum atomic E-state index is 11.4. The van der Waals surface area contributed by atoms with E-state index in [9.17, 15) is 4.79 Å². The highest BCUT2D eigenvalue weighted by Crippen LogP contribution is 2.15. The molecule has 0 bridgehead atoms. The molecule has 21 heavy (non-hydrogen) atoms. The van der Waals surface area contributed by atoms with Crippen LogP contribution in [0.2, 0.25) is 0 Å². The van der Waals surface area contributed by atoms with E-state index < -0.39 is 0 Å². The Bertz CT molecular complexity index is 760. The second-order valence-electron chi connectivity index (χ2n) is 4.71. The largest absolute Gasteiger partial charge is 0.465 e. The van der Waals surface area contributed by atoms with E-state index in [0.29, 0.717) is 13.2 Å². The molecule has 0 aliphatic carbocycles. The van der Waals surface area contributed by atoms with Crippen LogP contribution in [-0.2, 0) is 22.6 Å². The number of carbonyl (C=O) groups excluding carboxylic acids is 1. The lowest BCUT2D eigenvalue weighted by molar-refractivity contribution is -0.144. The molecule has 0 aliphatic heterocycles. The predicted molar refractivity (Wildman–Crippen MR) is 77.7 cm³/mol. The number of fused-ring (bicyclic) bond motifs is 1. The van der Waals surface area contributed by atoms with Gasteiger partial charge in [0.1, 0.15) is 12.2 Å². The lowest BCUT2D eigenvalue weighted by Gasteiger charge is -2.02. The fourth-order valence-corrected chi connectivity index (χ4v) is 2.28. The molecule has 0 saturated carbocycles. The summed E-state index contributed by atoms with van der Waals surface area (Å²) in [7, 11) is 0. The average molecular weight is 284 g/mol. The van der Waals surface area contributed by atoms with Crippen LogP contribution in [0.1, 0.15) is 12.6 Å². The van der Waals surface area contributed by atoms with Crippen molar-refractivity contribution in [3.05, 3.63) is 48.4 Å². The van der Waals surface area contributed by atoms with Gasteiger partial charge in [-0.15, -0.1) is 5.10 Å². The molecule has 6 nitrogen and oxygen atoms in total. The Morgan fingerprint density at radius 2 is 2.14 bits per heavy atom. The highest BCUT2D eigenvalue weighted by Gasteiger charge is 2.08. The highest BCUT2D eigenvalue weighted by molar-refractivity contribution is 5.79. The molecule has 0 N–H and O–H groups in total. The zero-order valence-corrected chi connectivity index (χ0v) is 11.8. The maximum Gasteiger partial charge on any atom is 0.327 e. The van der Waals surface area contributed by atoms with E-state index in [-0.39, 0.29) is 12.5 Å². The zero-order chi connectivity index (χ0) is 14.7. The minimum Gasteiger partial charge on any atom is -0.465 e.